The molecular formula is C28H25ClF2N2. The average molecular weight is 463 g/mol. The Kier molecular flexibility index (Phi) is 7.46. The van der Waals surface area contributed by atoms with E-state index in [1.54, 1.807) is 6.07 Å². The Hall–Kier alpha value is -3.11. The first-order chi connectivity index (χ1) is 16.0. The van der Waals surface area contributed by atoms with Crippen LogP contribution in [-0.4, -0.2) is 9.97 Å². The molecule has 0 amide bonds. The zero-order valence-electron chi connectivity index (χ0n) is 18.3. The fourth-order valence-electron chi connectivity index (χ4n) is 3.87. The van der Waals surface area contributed by atoms with E-state index in [9.17, 15) is 4.39 Å². The summed E-state index contributed by atoms with van der Waals surface area (Å²) in [6.45, 7) is 3.73. The lowest BCUT2D eigenvalue weighted by atomic mass is 9.98. The Morgan fingerprint density at radius 2 is 1.52 bits per heavy atom. The number of aryl methyl sites for hydroxylation is 5. The van der Waals surface area contributed by atoms with Gasteiger partial charge in [0.25, 0.3) is 0 Å². The van der Waals surface area contributed by atoms with Crippen molar-refractivity contribution >= 4 is 22.4 Å². The molecule has 0 saturated carbocycles. The van der Waals surface area contributed by atoms with Crippen molar-refractivity contribution < 1.29 is 8.78 Å². The predicted octanol–water partition coefficient (Wildman–Crippen LogP) is 7.25. The smallest absolute Gasteiger partial charge is 0.142 e. The number of aromatic nitrogens is 2. The number of allylic oxidation sites excluding steroid dienone is 1. The highest BCUT2D eigenvalue weighted by Gasteiger charge is 2.10. The molecule has 4 rings (SSSR count). The number of hydrogen-bond donors (Lipinski definition) is 0. The summed E-state index contributed by atoms with van der Waals surface area (Å²) < 4.78 is 28.7. The van der Waals surface area contributed by atoms with Gasteiger partial charge in [0.2, 0.25) is 0 Å². The molecule has 168 valence electrons. The molecule has 0 saturated heterocycles. The van der Waals surface area contributed by atoms with E-state index >= 15 is 4.39 Å². The van der Waals surface area contributed by atoms with Gasteiger partial charge in [0.15, 0.2) is 0 Å². The van der Waals surface area contributed by atoms with E-state index < -0.39 is 5.82 Å². The molecule has 2 nitrogen and oxygen atoms in total. The molecule has 1 heterocycles. The third-order valence-electron chi connectivity index (χ3n) is 5.80. The second kappa shape index (κ2) is 10.7. The van der Waals surface area contributed by atoms with Crippen LogP contribution in [0.2, 0.25) is 5.02 Å². The first kappa shape index (κ1) is 23.1. The molecule has 0 atom stereocenters. The van der Waals surface area contributed by atoms with Gasteiger partial charge in [0.1, 0.15) is 17.5 Å². The van der Waals surface area contributed by atoms with Crippen LogP contribution in [0.3, 0.4) is 0 Å². The van der Waals surface area contributed by atoms with Crippen LogP contribution in [-0.2, 0) is 32.1 Å². The maximum absolute atomic E-state index is 15.1. The van der Waals surface area contributed by atoms with Crippen molar-refractivity contribution in [3.05, 3.63) is 118 Å². The molecule has 0 spiro atoms. The molecule has 0 aliphatic rings. The quantitative estimate of drug-likeness (QED) is 0.245. The lowest BCUT2D eigenvalue weighted by Gasteiger charge is -2.09. The van der Waals surface area contributed by atoms with Gasteiger partial charge in [-0.3, -0.25) is 0 Å². The Balaban J connectivity index is 1.41. The first-order valence-corrected chi connectivity index (χ1v) is 11.5. The van der Waals surface area contributed by atoms with Gasteiger partial charge < -0.3 is 0 Å². The molecule has 0 aliphatic heterocycles. The normalized spacial score (nSPS) is 11.1. The number of halogens is 3. The molecule has 5 heteroatoms. The molecule has 33 heavy (non-hydrogen) atoms. The topological polar surface area (TPSA) is 25.8 Å². The fourth-order valence-corrected chi connectivity index (χ4v) is 3.99. The molecule has 0 radical (unpaired) electrons. The van der Waals surface area contributed by atoms with E-state index in [-0.39, 0.29) is 10.8 Å². The molecule has 0 N–H and O–H groups in total. The molecule has 3 aromatic carbocycles. The third kappa shape index (κ3) is 5.82. The summed E-state index contributed by atoms with van der Waals surface area (Å²) in [6, 6.07) is 14.3. The second-order valence-electron chi connectivity index (χ2n) is 8.18. The summed E-state index contributed by atoms with van der Waals surface area (Å²) in [4.78, 5) is 8.91. The first-order valence-electron chi connectivity index (χ1n) is 11.1. The molecule has 1 aromatic heterocycles. The van der Waals surface area contributed by atoms with Crippen molar-refractivity contribution in [2.75, 3.05) is 0 Å². The summed E-state index contributed by atoms with van der Waals surface area (Å²) in [5, 5.41) is 1.56. The highest BCUT2D eigenvalue weighted by molar-refractivity contribution is 6.30. The summed E-state index contributed by atoms with van der Waals surface area (Å²) >= 11 is 5.74. The maximum Gasteiger partial charge on any atom is 0.142 e. The molecule has 0 fully saturated rings. The molecule has 0 aliphatic carbocycles. The van der Waals surface area contributed by atoms with Crippen LogP contribution in [0, 0.1) is 11.6 Å². The summed E-state index contributed by atoms with van der Waals surface area (Å²) in [5.41, 5.74) is 3.64. The van der Waals surface area contributed by atoms with Gasteiger partial charge in [-0.2, -0.15) is 0 Å². The van der Waals surface area contributed by atoms with Gasteiger partial charge in [-0.15, -0.1) is 6.58 Å². The van der Waals surface area contributed by atoms with Crippen LogP contribution in [0.15, 0.2) is 73.6 Å². The van der Waals surface area contributed by atoms with Crippen molar-refractivity contribution in [1.29, 1.82) is 0 Å². The number of hydrogen-bond acceptors (Lipinski definition) is 2. The SMILES string of the molecule is C=CCCc1cnc(CCc2ccc3c(F)c(CCc4ccc(Cl)c(F)c4)ccc3c2)nc1. The second-order valence-corrected chi connectivity index (χ2v) is 8.58. The van der Waals surface area contributed by atoms with Gasteiger partial charge >= 0.3 is 0 Å². The number of fused-ring (bicyclic) bond motifs is 1. The Bertz CT molecular complexity index is 1270. The number of nitrogens with zero attached hydrogens (tertiary/aromatic N) is 2. The Labute approximate surface area is 198 Å². The van der Waals surface area contributed by atoms with Crippen LogP contribution >= 0.6 is 11.6 Å². The third-order valence-corrected chi connectivity index (χ3v) is 6.11. The van der Waals surface area contributed by atoms with E-state index in [4.69, 9.17) is 11.6 Å². The van der Waals surface area contributed by atoms with Crippen LogP contribution in [0.1, 0.15) is 34.5 Å². The minimum Gasteiger partial charge on any atom is -0.241 e. The van der Waals surface area contributed by atoms with Gasteiger partial charge in [0, 0.05) is 24.2 Å². The number of rotatable bonds is 9. The predicted molar refractivity (Wildman–Crippen MR) is 131 cm³/mol. The molecular weight excluding hydrogens is 438 g/mol. The van der Waals surface area contributed by atoms with Crippen molar-refractivity contribution in [1.82, 2.24) is 9.97 Å². The van der Waals surface area contributed by atoms with E-state index in [2.05, 4.69) is 16.5 Å². The molecule has 0 bridgehead atoms. The fraction of sp³-hybridized carbons (Fsp3) is 0.214. The van der Waals surface area contributed by atoms with Crippen LogP contribution < -0.4 is 0 Å². The summed E-state index contributed by atoms with van der Waals surface area (Å²) in [7, 11) is 0. The highest BCUT2D eigenvalue weighted by atomic mass is 35.5. The van der Waals surface area contributed by atoms with E-state index in [1.165, 1.54) is 12.1 Å². The van der Waals surface area contributed by atoms with E-state index in [1.807, 2.05) is 48.8 Å². The largest absolute Gasteiger partial charge is 0.241 e. The number of benzene rings is 3. The molecule has 0 unspecified atom stereocenters. The van der Waals surface area contributed by atoms with Gasteiger partial charge in [-0.05, 0) is 71.9 Å². The summed E-state index contributed by atoms with van der Waals surface area (Å²) in [6.07, 6.45) is 10.0. The van der Waals surface area contributed by atoms with Crippen molar-refractivity contribution in [3.63, 3.8) is 0 Å². The zero-order chi connectivity index (χ0) is 23.2. The van der Waals surface area contributed by atoms with Gasteiger partial charge in [-0.1, -0.05) is 54.1 Å². The van der Waals surface area contributed by atoms with Crippen molar-refractivity contribution in [3.8, 4) is 0 Å². The molecule has 4 aromatic rings. The van der Waals surface area contributed by atoms with Crippen molar-refractivity contribution in [2.24, 2.45) is 0 Å². The Morgan fingerprint density at radius 1 is 0.788 bits per heavy atom. The minimum atomic E-state index is -0.449. The summed E-state index contributed by atoms with van der Waals surface area (Å²) in [5.74, 6) is 0.138. The van der Waals surface area contributed by atoms with E-state index in [0.29, 0.717) is 23.8 Å². The Morgan fingerprint density at radius 3 is 2.27 bits per heavy atom. The standard InChI is InChI=1S/C28H25ClF2N2/c1-2-3-4-21-17-32-27(33-18-21)14-8-19-6-12-24-23(15-19)11-10-22(28(24)31)9-5-20-7-13-25(29)26(30)16-20/h2,6-7,10-13,15-18H,1,3-5,8-9,14H2. The average Bonchev–Trinajstić information content (AvgIpc) is 2.83. The van der Waals surface area contributed by atoms with Crippen LogP contribution in [0.4, 0.5) is 8.78 Å². The maximum atomic E-state index is 15.1. The van der Waals surface area contributed by atoms with Crippen molar-refractivity contribution in [2.45, 2.75) is 38.5 Å². The van der Waals surface area contributed by atoms with Gasteiger partial charge in [-0.25, -0.2) is 18.7 Å². The highest BCUT2D eigenvalue weighted by Crippen LogP contribution is 2.25. The minimum absolute atomic E-state index is 0.0959. The van der Waals surface area contributed by atoms with Crippen LogP contribution in [0.25, 0.3) is 10.8 Å². The monoisotopic (exact) mass is 462 g/mol. The lowest BCUT2D eigenvalue weighted by Crippen LogP contribution is -2.00. The zero-order valence-corrected chi connectivity index (χ0v) is 19.1. The van der Waals surface area contributed by atoms with E-state index in [0.717, 1.165) is 53.6 Å². The lowest BCUT2D eigenvalue weighted by molar-refractivity contribution is 0.617. The van der Waals surface area contributed by atoms with Gasteiger partial charge in [0.05, 0.1) is 5.02 Å². The van der Waals surface area contributed by atoms with Crippen LogP contribution in [0.5, 0.6) is 0 Å².